The fourth-order valence-corrected chi connectivity index (χ4v) is 6.74. The summed E-state index contributed by atoms with van der Waals surface area (Å²) in [5.41, 5.74) is 0.815. The molecule has 0 aromatic heterocycles. The Morgan fingerprint density at radius 2 is 0.852 bits per heavy atom. The molecule has 0 radical (unpaired) electrons. The van der Waals surface area contributed by atoms with Gasteiger partial charge in [-0.05, 0) is 37.0 Å². The molecule has 0 spiro atoms. The van der Waals surface area contributed by atoms with Crippen LogP contribution >= 0.6 is 0 Å². The molecule has 2 atom stereocenters. The van der Waals surface area contributed by atoms with E-state index in [1.807, 2.05) is 0 Å². The molecular formula is C52H81N5O24. The van der Waals surface area contributed by atoms with Crippen molar-refractivity contribution in [2.45, 2.75) is 57.5 Å². The van der Waals surface area contributed by atoms with E-state index in [4.69, 9.17) is 67.1 Å². The van der Waals surface area contributed by atoms with Gasteiger partial charge < -0.3 is 93.4 Å². The second kappa shape index (κ2) is 46.5. The summed E-state index contributed by atoms with van der Waals surface area (Å²) in [4.78, 5) is 109. The number of carboxylic acids is 3. The Labute approximate surface area is 470 Å². The summed E-state index contributed by atoms with van der Waals surface area (Å²) < 4.78 is 65.4. The number of aryl methyl sites for hydroxylation is 1. The molecule has 1 aliphatic rings. The van der Waals surface area contributed by atoms with Crippen molar-refractivity contribution in [3.8, 4) is 0 Å². The van der Waals surface area contributed by atoms with Crippen molar-refractivity contribution in [2.75, 3.05) is 177 Å². The van der Waals surface area contributed by atoms with Gasteiger partial charge in [0.15, 0.2) is 0 Å². The van der Waals surface area contributed by atoms with Crippen LogP contribution in [0.4, 0.5) is 5.69 Å². The maximum Gasteiger partial charge on any atom is 0.326 e. The van der Waals surface area contributed by atoms with E-state index in [0.29, 0.717) is 138 Å². The minimum Gasteiger partial charge on any atom is -0.481 e. The van der Waals surface area contributed by atoms with Crippen molar-refractivity contribution < 1.29 is 115 Å². The van der Waals surface area contributed by atoms with E-state index in [2.05, 4.69) is 21.3 Å². The third-order valence-electron chi connectivity index (χ3n) is 10.9. The van der Waals surface area contributed by atoms with Gasteiger partial charge >= 0.3 is 17.9 Å². The van der Waals surface area contributed by atoms with Gasteiger partial charge in [0.2, 0.25) is 17.7 Å². The van der Waals surface area contributed by atoms with E-state index in [9.17, 15) is 48.3 Å². The molecule has 458 valence electrons. The minimum absolute atomic E-state index is 0.0629. The Balaban J connectivity index is 1.30. The van der Waals surface area contributed by atoms with E-state index >= 15 is 0 Å². The minimum atomic E-state index is -1.31. The van der Waals surface area contributed by atoms with Crippen LogP contribution in [0.15, 0.2) is 30.4 Å². The van der Waals surface area contributed by atoms with E-state index in [0.717, 1.165) is 17.1 Å². The maximum atomic E-state index is 13.4. The first kappa shape index (κ1) is 71.0. The topological polar surface area (TPSA) is 376 Å². The number of nitrogens with one attached hydrogen (secondary N) is 4. The van der Waals surface area contributed by atoms with Crippen LogP contribution in [0.5, 0.6) is 0 Å². The molecule has 0 unspecified atom stereocenters. The summed E-state index contributed by atoms with van der Waals surface area (Å²) in [7, 11) is 0. The molecule has 1 aromatic carbocycles. The molecule has 2 rings (SSSR count). The lowest BCUT2D eigenvalue weighted by Crippen LogP contribution is -2.49. The van der Waals surface area contributed by atoms with Gasteiger partial charge in [0.25, 0.3) is 17.7 Å². The summed E-state index contributed by atoms with van der Waals surface area (Å²) >= 11 is 0. The second-order valence-electron chi connectivity index (χ2n) is 17.1. The van der Waals surface area contributed by atoms with Crippen molar-refractivity contribution >= 4 is 59.0 Å². The number of hydrogen-bond donors (Lipinski definition) is 7. The Kier molecular flexibility index (Phi) is 40.8. The van der Waals surface area contributed by atoms with Crippen molar-refractivity contribution in [3.63, 3.8) is 0 Å². The number of imide groups is 1. The lowest BCUT2D eigenvalue weighted by Gasteiger charge is -2.20. The lowest BCUT2D eigenvalue weighted by molar-refractivity contribution is -0.143. The molecule has 1 heterocycles. The van der Waals surface area contributed by atoms with E-state index in [1.165, 1.54) is 12.1 Å². The number of aliphatic carboxylic acids is 3. The Bertz CT molecular complexity index is 2030. The van der Waals surface area contributed by atoms with Gasteiger partial charge in [-0.1, -0.05) is 13.0 Å². The zero-order valence-electron chi connectivity index (χ0n) is 46.0. The quantitative estimate of drug-likeness (QED) is 0.0301. The highest BCUT2D eigenvalue weighted by Crippen LogP contribution is 2.24. The summed E-state index contributed by atoms with van der Waals surface area (Å²) in [6, 6.07) is 1.89. The molecule has 1 aliphatic heterocycles. The predicted octanol–water partition coefficient (Wildman–Crippen LogP) is -1.10. The summed E-state index contributed by atoms with van der Waals surface area (Å²) in [5.74, 6) is -7.37. The van der Waals surface area contributed by atoms with Gasteiger partial charge in [0.05, 0.1) is 171 Å². The predicted molar refractivity (Wildman–Crippen MR) is 282 cm³/mol. The van der Waals surface area contributed by atoms with E-state index < -0.39 is 78.4 Å². The smallest absolute Gasteiger partial charge is 0.326 e. The highest BCUT2D eigenvalue weighted by atomic mass is 16.6. The van der Waals surface area contributed by atoms with E-state index in [-0.39, 0.29) is 76.5 Å². The number of carboxylic acid groups (broad SMARTS) is 3. The molecule has 0 aliphatic carbocycles. The van der Waals surface area contributed by atoms with E-state index in [1.54, 1.807) is 13.0 Å². The monoisotopic (exact) mass is 1160 g/mol. The number of rotatable bonds is 54. The number of benzene rings is 1. The zero-order valence-corrected chi connectivity index (χ0v) is 46.0. The van der Waals surface area contributed by atoms with Crippen molar-refractivity contribution in [2.24, 2.45) is 0 Å². The van der Waals surface area contributed by atoms with Crippen molar-refractivity contribution in [1.82, 2.24) is 21.3 Å². The third kappa shape index (κ3) is 36.1. The van der Waals surface area contributed by atoms with Crippen LogP contribution in [0.1, 0.15) is 54.9 Å². The molecule has 29 nitrogen and oxygen atoms in total. The number of anilines is 1. The van der Waals surface area contributed by atoms with Crippen LogP contribution in [0.25, 0.3) is 0 Å². The highest BCUT2D eigenvalue weighted by Gasteiger charge is 2.28. The maximum absolute atomic E-state index is 13.4. The van der Waals surface area contributed by atoms with Gasteiger partial charge in [-0.2, -0.15) is 0 Å². The number of nitrogens with zero attached hydrogens (tertiary/aromatic N) is 1. The average Bonchev–Trinajstić information content (AvgIpc) is 3.87. The SMILES string of the molecule is CCc1ccc(N2C(=O)C=CC2=O)cc1C(=O)N[C@@H](CCC(=O)O)C(=O)NCC(=O)NCCOCCOCCOCCOCCOCCOCCOCCOCCOCCOCCOCCOCCC(=O)N[C@@H](CCC(=O)O)C(=O)O. The van der Waals surface area contributed by atoms with Gasteiger partial charge in [-0.3, -0.25) is 38.4 Å². The standard InChI is InChI=1S/C52H81N5O24/c1-2-39-3-4-40(57-46(60)7-8-47(57)61)37-41(39)50(66)56-42(5-9-48(62)63)51(67)54-38-45(59)53-12-14-71-16-18-73-20-22-75-24-26-77-28-30-79-32-34-81-36-35-80-33-31-78-29-27-76-25-23-74-21-19-72-17-15-70-13-11-44(58)55-43(52(68)69)6-10-49(64)65/h3-4,7-8,37,42-43H,2,5-6,9-36,38H2,1H3,(H,53,59)(H,54,67)(H,55,58)(H,56,66)(H,62,63)(H,64,65)(H,68,69)/t42-,43-/m0/s1. The highest BCUT2D eigenvalue weighted by molar-refractivity contribution is 6.28. The fraction of sp³-hybridized carbons (Fsp3) is 0.673. The largest absolute Gasteiger partial charge is 0.481 e. The molecule has 0 bridgehead atoms. The number of hydrogen-bond acceptors (Lipinski definition) is 21. The fourth-order valence-electron chi connectivity index (χ4n) is 6.74. The first-order chi connectivity index (χ1) is 39.2. The Morgan fingerprint density at radius 1 is 0.469 bits per heavy atom. The van der Waals surface area contributed by atoms with Gasteiger partial charge in [-0.15, -0.1) is 0 Å². The first-order valence-corrected chi connectivity index (χ1v) is 26.7. The average molecular weight is 1160 g/mol. The Morgan fingerprint density at radius 3 is 1.23 bits per heavy atom. The number of carbonyl (C=O) groups excluding carboxylic acids is 6. The van der Waals surface area contributed by atoms with Crippen molar-refractivity contribution in [3.05, 3.63) is 41.5 Å². The van der Waals surface area contributed by atoms with Crippen LogP contribution in [0.3, 0.4) is 0 Å². The van der Waals surface area contributed by atoms with Crippen LogP contribution in [-0.4, -0.2) is 252 Å². The van der Waals surface area contributed by atoms with Crippen LogP contribution in [-0.2, 0) is 102 Å². The molecule has 1 aromatic rings. The molecule has 81 heavy (non-hydrogen) atoms. The van der Waals surface area contributed by atoms with Gasteiger partial charge in [-0.25, -0.2) is 9.69 Å². The van der Waals surface area contributed by atoms with Crippen LogP contribution < -0.4 is 26.2 Å². The zero-order chi connectivity index (χ0) is 59.1. The van der Waals surface area contributed by atoms with Crippen molar-refractivity contribution in [1.29, 1.82) is 0 Å². The normalized spacial score (nSPS) is 12.8. The number of ether oxygens (including phenoxy) is 12. The Hall–Kier alpha value is -6.09. The number of amides is 6. The summed E-state index contributed by atoms with van der Waals surface area (Å²) in [5, 5.41) is 36.8. The van der Waals surface area contributed by atoms with Gasteiger partial charge in [0, 0.05) is 43.5 Å². The molecule has 29 heteroatoms. The second-order valence-corrected chi connectivity index (χ2v) is 17.1. The summed E-state index contributed by atoms with van der Waals surface area (Å²) in [6.45, 7) is 9.90. The molecular weight excluding hydrogens is 1080 g/mol. The summed E-state index contributed by atoms with van der Waals surface area (Å²) in [6.07, 6.45) is 1.27. The third-order valence-corrected chi connectivity index (χ3v) is 10.9. The van der Waals surface area contributed by atoms with Gasteiger partial charge in [0.1, 0.15) is 12.1 Å². The number of carbonyl (C=O) groups is 9. The molecule has 0 saturated heterocycles. The molecule has 7 N–H and O–H groups in total. The van der Waals surface area contributed by atoms with Crippen LogP contribution in [0.2, 0.25) is 0 Å². The first-order valence-electron chi connectivity index (χ1n) is 26.7. The van der Waals surface area contributed by atoms with Crippen LogP contribution in [0, 0.1) is 0 Å². The molecule has 6 amide bonds. The lowest BCUT2D eigenvalue weighted by atomic mass is 10.0. The molecule has 0 fully saturated rings. The molecule has 0 saturated carbocycles.